The standard InChI is InChI=1S/C15H17BrN2O3S/c1-9-12(14(19)21-7-6-20-2)13(18-15(22)17-9)10-4-3-5-11(16)8-10/h3-5,8,13H,6-7H2,1-2H3,(H2,17,18,22). The summed E-state index contributed by atoms with van der Waals surface area (Å²) in [7, 11) is 1.56. The summed E-state index contributed by atoms with van der Waals surface area (Å²) in [6.45, 7) is 2.38. The van der Waals surface area contributed by atoms with Crippen molar-refractivity contribution in [2.24, 2.45) is 0 Å². The molecule has 0 aliphatic carbocycles. The lowest BCUT2D eigenvalue weighted by atomic mass is 9.96. The molecule has 0 amide bonds. The number of methoxy groups -OCH3 is 1. The molecule has 7 heteroatoms. The number of hydrogen-bond donors (Lipinski definition) is 2. The van der Waals surface area contributed by atoms with Gasteiger partial charge < -0.3 is 20.1 Å². The summed E-state index contributed by atoms with van der Waals surface area (Å²) >= 11 is 8.64. The third kappa shape index (κ3) is 4.06. The molecule has 118 valence electrons. The molecule has 1 unspecified atom stereocenters. The van der Waals surface area contributed by atoms with E-state index in [0.29, 0.717) is 23.0 Å². The zero-order valence-corrected chi connectivity index (χ0v) is 14.7. The molecule has 1 aromatic rings. The SMILES string of the molecule is COCCOC(=O)C1=C(C)NC(=S)NC1c1cccc(Br)c1. The van der Waals surface area contributed by atoms with Crippen molar-refractivity contribution < 1.29 is 14.3 Å². The van der Waals surface area contributed by atoms with E-state index in [1.165, 1.54) is 0 Å². The molecule has 0 spiro atoms. The number of hydrogen-bond acceptors (Lipinski definition) is 4. The predicted octanol–water partition coefficient (Wildman–Crippen LogP) is 2.43. The van der Waals surface area contributed by atoms with Crippen molar-refractivity contribution in [2.45, 2.75) is 13.0 Å². The van der Waals surface area contributed by atoms with E-state index >= 15 is 0 Å². The van der Waals surface area contributed by atoms with Gasteiger partial charge in [0.2, 0.25) is 0 Å². The highest BCUT2D eigenvalue weighted by Crippen LogP contribution is 2.29. The van der Waals surface area contributed by atoms with Crippen molar-refractivity contribution in [3.05, 3.63) is 45.6 Å². The van der Waals surface area contributed by atoms with Crippen LogP contribution in [0, 0.1) is 0 Å². The molecule has 0 radical (unpaired) electrons. The minimum atomic E-state index is -0.387. The Kier molecular flexibility index (Phi) is 5.93. The Morgan fingerprint density at radius 2 is 2.18 bits per heavy atom. The van der Waals surface area contributed by atoms with Gasteiger partial charge in [0.25, 0.3) is 0 Å². The van der Waals surface area contributed by atoms with E-state index < -0.39 is 0 Å². The van der Waals surface area contributed by atoms with Gasteiger partial charge in [0.15, 0.2) is 5.11 Å². The molecule has 1 aliphatic rings. The Labute approximate surface area is 143 Å². The molecule has 0 saturated carbocycles. The number of thiocarbonyl (C=S) groups is 1. The van der Waals surface area contributed by atoms with Crippen molar-refractivity contribution in [3.63, 3.8) is 0 Å². The number of carbonyl (C=O) groups is 1. The molecule has 0 bridgehead atoms. The molecule has 2 rings (SSSR count). The molecule has 0 fully saturated rings. The van der Waals surface area contributed by atoms with Gasteiger partial charge in [0, 0.05) is 17.3 Å². The van der Waals surface area contributed by atoms with Crippen LogP contribution in [0.4, 0.5) is 0 Å². The molecule has 0 aromatic heterocycles. The van der Waals surface area contributed by atoms with E-state index in [-0.39, 0.29) is 18.6 Å². The van der Waals surface area contributed by atoms with Gasteiger partial charge in [-0.15, -0.1) is 0 Å². The topological polar surface area (TPSA) is 59.6 Å². The fourth-order valence-electron chi connectivity index (χ4n) is 2.20. The van der Waals surface area contributed by atoms with Crippen LogP contribution in [0.2, 0.25) is 0 Å². The van der Waals surface area contributed by atoms with Gasteiger partial charge in [-0.05, 0) is 36.8 Å². The van der Waals surface area contributed by atoms with Crippen LogP contribution >= 0.6 is 28.1 Å². The zero-order valence-electron chi connectivity index (χ0n) is 12.3. The molecule has 1 aromatic carbocycles. The van der Waals surface area contributed by atoms with Crippen molar-refractivity contribution in [3.8, 4) is 0 Å². The fourth-order valence-corrected chi connectivity index (χ4v) is 2.88. The second-order valence-electron chi connectivity index (χ2n) is 4.75. The monoisotopic (exact) mass is 384 g/mol. The van der Waals surface area contributed by atoms with Crippen molar-refractivity contribution in [1.82, 2.24) is 10.6 Å². The Morgan fingerprint density at radius 3 is 2.86 bits per heavy atom. The first kappa shape index (κ1) is 16.9. The van der Waals surface area contributed by atoms with Gasteiger partial charge in [-0.3, -0.25) is 0 Å². The smallest absolute Gasteiger partial charge is 0.338 e. The summed E-state index contributed by atoms with van der Waals surface area (Å²) < 4.78 is 11.1. The highest BCUT2D eigenvalue weighted by Gasteiger charge is 2.30. The molecule has 22 heavy (non-hydrogen) atoms. The molecule has 0 saturated heterocycles. The number of ether oxygens (including phenoxy) is 2. The molecule has 1 heterocycles. The average molecular weight is 385 g/mol. The average Bonchev–Trinajstić information content (AvgIpc) is 2.46. The molecule has 1 atom stereocenters. The van der Waals surface area contributed by atoms with Crippen LogP contribution in [-0.2, 0) is 14.3 Å². The van der Waals surface area contributed by atoms with E-state index in [2.05, 4.69) is 26.6 Å². The van der Waals surface area contributed by atoms with Gasteiger partial charge in [0.05, 0.1) is 18.2 Å². The third-order valence-electron chi connectivity index (χ3n) is 3.19. The summed E-state index contributed by atoms with van der Waals surface area (Å²) in [4.78, 5) is 12.4. The Hall–Kier alpha value is -1.44. The quantitative estimate of drug-likeness (QED) is 0.461. The first-order valence-electron chi connectivity index (χ1n) is 6.72. The fraction of sp³-hybridized carbons (Fsp3) is 0.333. The summed E-state index contributed by atoms with van der Waals surface area (Å²) in [6, 6.07) is 7.38. The van der Waals surface area contributed by atoms with Crippen LogP contribution < -0.4 is 10.6 Å². The number of esters is 1. The van der Waals surface area contributed by atoms with Crippen LogP contribution in [0.25, 0.3) is 0 Å². The second-order valence-corrected chi connectivity index (χ2v) is 6.08. The number of benzene rings is 1. The summed E-state index contributed by atoms with van der Waals surface area (Å²) in [6.07, 6.45) is 0. The number of allylic oxidation sites excluding steroid dienone is 1. The molecule has 2 N–H and O–H groups in total. The van der Waals surface area contributed by atoms with E-state index in [1.54, 1.807) is 7.11 Å². The van der Waals surface area contributed by atoms with Gasteiger partial charge in [-0.2, -0.15) is 0 Å². The summed E-state index contributed by atoms with van der Waals surface area (Å²) in [5, 5.41) is 6.57. The Morgan fingerprint density at radius 1 is 1.41 bits per heavy atom. The van der Waals surface area contributed by atoms with E-state index in [1.807, 2.05) is 31.2 Å². The lowest BCUT2D eigenvalue weighted by molar-refractivity contribution is -0.140. The molecular formula is C15H17BrN2O3S. The van der Waals surface area contributed by atoms with Crippen LogP contribution in [0.15, 0.2) is 40.0 Å². The minimum Gasteiger partial charge on any atom is -0.460 e. The van der Waals surface area contributed by atoms with Crippen LogP contribution in [-0.4, -0.2) is 31.4 Å². The molecule has 1 aliphatic heterocycles. The highest BCUT2D eigenvalue weighted by molar-refractivity contribution is 9.10. The minimum absolute atomic E-state index is 0.210. The van der Waals surface area contributed by atoms with Gasteiger partial charge in [0.1, 0.15) is 6.61 Å². The van der Waals surface area contributed by atoms with Crippen molar-refractivity contribution in [1.29, 1.82) is 0 Å². The zero-order chi connectivity index (χ0) is 16.1. The maximum absolute atomic E-state index is 12.4. The highest BCUT2D eigenvalue weighted by atomic mass is 79.9. The normalized spacial score (nSPS) is 17.8. The Balaban J connectivity index is 2.30. The number of halogens is 1. The first-order chi connectivity index (χ1) is 10.5. The number of carbonyl (C=O) groups excluding carboxylic acids is 1. The number of nitrogens with one attached hydrogen (secondary N) is 2. The van der Waals surface area contributed by atoms with Gasteiger partial charge in [-0.1, -0.05) is 28.1 Å². The molecular weight excluding hydrogens is 368 g/mol. The van der Waals surface area contributed by atoms with E-state index in [9.17, 15) is 4.79 Å². The second kappa shape index (κ2) is 7.71. The Bertz CT molecular complexity index is 619. The summed E-state index contributed by atoms with van der Waals surface area (Å²) in [5.74, 6) is -0.387. The van der Waals surface area contributed by atoms with Gasteiger partial charge >= 0.3 is 5.97 Å². The lowest BCUT2D eigenvalue weighted by Gasteiger charge is -2.30. The van der Waals surface area contributed by atoms with Crippen LogP contribution in [0.1, 0.15) is 18.5 Å². The maximum atomic E-state index is 12.4. The molecule has 5 nitrogen and oxygen atoms in total. The predicted molar refractivity (Wildman–Crippen MR) is 91.3 cm³/mol. The lowest BCUT2D eigenvalue weighted by Crippen LogP contribution is -2.45. The van der Waals surface area contributed by atoms with Crippen LogP contribution in [0.5, 0.6) is 0 Å². The number of rotatable bonds is 5. The first-order valence-corrected chi connectivity index (χ1v) is 7.93. The van der Waals surface area contributed by atoms with E-state index in [4.69, 9.17) is 21.7 Å². The van der Waals surface area contributed by atoms with Crippen molar-refractivity contribution >= 4 is 39.2 Å². The summed E-state index contributed by atoms with van der Waals surface area (Å²) in [5.41, 5.74) is 2.13. The van der Waals surface area contributed by atoms with Crippen molar-refractivity contribution in [2.75, 3.05) is 20.3 Å². The van der Waals surface area contributed by atoms with Crippen LogP contribution in [0.3, 0.4) is 0 Å². The largest absolute Gasteiger partial charge is 0.460 e. The third-order valence-corrected chi connectivity index (χ3v) is 3.90. The maximum Gasteiger partial charge on any atom is 0.338 e. The van der Waals surface area contributed by atoms with E-state index in [0.717, 1.165) is 10.0 Å². The van der Waals surface area contributed by atoms with Gasteiger partial charge in [-0.25, -0.2) is 4.79 Å².